The van der Waals surface area contributed by atoms with E-state index in [0.29, 0.717) is 17.9 Å². The highest BCUT2D eigenvalue weighted by atomic mass is 16.5. The van der Waals surface area contributed by atoms with E-state index in [1.165, 1.54) is 0 Å². The average molecular weight is 299 g/mol. The van der Waals surface area contributed by atoms with Gasteiger partial charge in [-0.05, 0) is 37.6 Å². The Morgan fingerprint density at radius 1 is 1.14 bits per heavy atom. The molecule has 1 N–H and O–H groups in total. The zero-order valence-corrected chi connectivity index (χ0v) is 13.1. The first-order chi connectivity index (χ1) is 10.6. The maximum atomic E-state index is 12.3. The maximum absolute atomic E-state index is 12.3. The van der Waals surface area contributed by atoms with Crippen LogP contribution >= 0.6 is 0 Å². The summed E-state index contributed by atoms with van der Waals surface area (Å²) in [4.78, 5) is 12.3. The van der Waals surface area contributed by atoms with E-state index in [4.69, 9.17) is 9.47 Å². The lowest BCUT2D eigenvalue weighted by molar-refractivity contribution is -0.122. The highest BCUT2D eigenvalue weighted by Gasteiger charge is 2.18. The molecule has 4 heteroatoms. The van der Waals surface area contributed by atoms with E-state index in [0.717, 1.165) is 11.3 Å². The van der Waals surface area contributed by atoms with Gasteiger partial charge in [-0.2, -0.15) is 0 Å². The molecule has 4 nitrogen and oxygen atoms in total. The summed E-state index contributed by atoms with van der Waals surface area (Å²) in [5.74, 6) is 1.16. The first-order valence-electron chi connectivity index (χ1n) is 7.30. The molecule has 22 heavy (non-hydrogen) atoms. The van der Waals surface area contributed by atoms with Gasteiger partial charge in [0.05, 0.1) is 7.11 Å². The Morgan fingerprint density at radius 2 is 1.82 bits per heavy atom. The number of benzene rings is 2. The first kappa shape index (κ1) is 15.9. The molecule has 0 aliphatic heterocycles. The van der Waals surface area contributed by atoms with E-state index < -0.39 is 6.10 Å². The van der Waals surface area contributed by atoms with Gasteiger partial charge in [0.2, 0.25) is 0 Å². The number of amides is 1. The highest BCUT2D eigenvalue weighted by Crippen LogP contribution is 2.21. The number of aryl methyl sites for hydroxylation is 1. The van der Waals surface area contributed by atoms with Crippen molar-refractivity contribution in [1.82, 2.24) is 0 Å². The lowest BCUT2D eigenvalue weighted by Crippen LogP contribution is -2.32. The van der Waals surface area contributed by atoms with Crippen LogP contribution in [0.1, 0.15) is 18.9 Å². The lowest BCUT2D eigenvalue weighted by Gasteiger charge is -2.17. The fourth-order valence-corrected chi connectivity index (χ4v) is 2.02. The number of anilines is 1. The minimum absolute atomic E-state index is 0.158. The third kappa shape index (κ3) is 4.25. The van der Waals surface area contributed by atoms with Crippen molar-refractivity contribution in [2.45, 2.75) is 26.4 Å². The number of nitrogens with one attached hydrogen (secondary N) is 1. The molecule has 1 atom stereocenters. The van der Waals surface area contributed by atoms with Crippen LogP contribution in [0.25, 0.3) is 0 Å². The minimum Gasteiger partial charge on any atom is -0.497 e. The van der Waals surface area contributed by atoms with Gasteiger partial charge in [0, 0.05) is 11.8 Å². The molecule has 0 saturated carbocycles. The number of hydrogen-bond donors (Lipinski definition) is 1. The standard InChI is InChI=1S/C18H21NO3/c1-4-17(22-16-7-5-6-15(12-16)21-3)18(20)19-14-10-8-13(2)9-11-14/h5-12,17H,4H2,1-3H3,(H,19,20). The van der Waals surface area contributed by atoms with Crippen LogP contribution in [0.4, 0.5) is 5.69 Å². The normalized spacial score (nSPS) is 11.6. The molecule has 2 aromatic rings. The van der Waals surface area contributed by atoms with Gasteiger partial charge < -0.3 is 14.8 Å². The molecule has 0 aliphatic carbocycles. The summed E-state index contributed by atoms with van der Waals surface area (Å²) in [6.45, 7) is 3.92. The summed E-state index contributed by atoms with van der Waals surface area (Å²) in [5.41, 5.74) is 1.92. The van der Waals surface area contributed by atoms with Gasteiger partial charge in [-0.25, -0.2) is 0 Å². The summed E-state index contributed by atoms with van der Waals surface area (Å²) in [7, 11) is 1.60. The molecule has 0 saturated heterocycles. The van der Waals surface area contributed by atoms with Crippen molar-refractivity contribution < 1.29 is 14.3 Å². The van der Waals surface area contributed by atoms with Gasteiger partial charge in [-0.1, -0.05) is 30.7 Å². The van der Waals surface area contributed by atoms with Crippen molar-refractivity contribution in [2.24, 2.45) is 0 Å². The Kier molecular flexibility index (Phi) is 5.42. The highest BCUT2D eigenvalue weighted by molar-refractivity contribution is 5.94. The zero-order valence-electron chi connectivity index (χ0n) is 13.1. The molecule has 2 aromatic carbocycles. The number of rotatable bonds is 6. The van der Waals surface area contributed by atoms with Crippen molar-refractivity contribution >= 4 is 11.6 Å². The Labute approximate surface area is 131 Å². The van der Waals surface area contributed by atoms with Crippen LogP contribution < -0.4 is 14.8 Å². The molecule has 0 aliphatic rings. The molecule has 1 amide bonds. The largest absolute Gasteiger partial charge is 0.497 e. The summed E-state index contributed by atoms with van der Waals surface area (Å²) in [5, 5.41) is 2.87. The molecule has 0 heterocycles. The van der Waals surface area contributed by atoms with Gasteiger partial charge in [0.25, 0.3) is 5.91 Å². The molecule has 0 radical (unpaired) electrons. The monoisotopic (exact) mass is 299 g/mol. The fraction of sp³-hybridized carbons (Fsp3) is 0.278. The topological polar surface area (TPSA) is 47.6 Å². The third-order valence-electron chi connectivity index (χ3n) is 3.30. The number of hydrogen-bond acceptors (Lipinski definition) is 3. The summed E-state index contributed by atoms with van der Waals surface area (Å²) in [6.07, 6.45) is 0.0305. The molecule has 0 bridgehead atoms. The smallest absolute Gasteiger partial charge is 0.265 e. The second-order valence-electron chi connectivity index (χ2n) is 5.05. The fourth-order valence-electron chi connectivity index (χ4n) is 2.02. The van der Waals surface area contributed by atoms with E-state index >= 15 is 0 Å². The van der Waals surface area contributed by atoms with Gasteiger partial charge in [-0.3, -0.25) is 4.79 Å². The molecule has 0 fully saturated rings. The predicted molar refractivity (Wildman–Crippen MR) is 87.5 cm³/mol. The second kappa shape index (κ2) is 7.50. The van der Waals surface area contributed by atoms with Crippen molar-refractivity contribution in [3.63, 3.8) is 0 Å². The van der Waals surface area contributed by atoms with Crippen LogP contribution in [0.2, 0.25) is 0 Å². The van der Waals surface area contributed by atoms with Gasteiger partial charge in [-0.15, -0.1) is 0 Å². The summed E-state index contributed by atoms with van der Waals surface area (Å²) < 4.78 is 10.9. The number of carbonyl (C=O) groups is 1. The first-order valence-corrected chi connectivity index (χ1v) is 7.30. The Bertz CT molecular complexity index is 622. The van der Waals surface area contributed by atoms with Crippen LogP contribution in [-0.2, 0) is 4.79 Å². The van der Waals surface area contributed by atoms with Gasteiger partial charge in [0.15, 0.2) is 6.10 Å². The van der Waals surface area contributed by atoms with Crippen LogP contribution in [-0.4, -0.2) is 19.1 Å². The van der Waals surface area contributed by atoms with Crippen LogP contribution in [0, 0.1) is 6.92 Å². The molecule has 2 rings (SSSR count). The molecular weight excluding hydrogens is 278 g/mol. The van der Waals surface area contributed by atoms with Gasteiger partial charge >= 0.3 is 0 Å². The Balaban J connectivity index is 2.03. The number of carbonyl (C=O) groups excluding carboxylic acids is 1. The lowest BCUT2D eigenvalue weighted by atomic mass is 10.2. The van der Waals surface area contributed by atoms with Crippen LogP contribution in [0.15, 0.2) is 48.5 Å². The molecular formula is C18H21NO3. The Hall–Kier alpha value is -2.49. The maximum Gasteiger partial charge on any atom is 0.265 e. The Morgan fingerprint density at radius 3 is 2.45 bits per heavy atom. The van der Waals surface area contributed by atoms with Gasteiger partial charge in [0.1, 0.15) is 11.5 Å². The summed E-state index contributed by atoms with van der Waals surface area (Å²) in [6, 6.07) is 14.9. The van der Waals surface area contributed by atoms with E-state index in [1.54, 1.807) is 13.2 Å². The van der Waals surface area contributed by atoms with E-state index in [1.807, 2.05) is 56.3 Å². The van der Waals surface area contributed by atoms with E-state index in [-0.39, 0.29) is 5.91 Å². The van der Waals surface area contributed by atoms with E-state index in [2.05, 4.69) is 5.32 Å². The van der Waals surface area contributed by atoms with Crippen LogP contribution in [0.3, 0.4) is 0 Å². The minimum atomic E-state index is -0.548. The van der Waals surface area contributed by atoms with Crippen molar-refractivity contribution in [1.29, 1.82) is 0 Å². The number of ether oxygens (including phenoxy) is 2. The van der Waals surface area contributed by atoms with Crippen LogP contribution in [0.5, 0.6) is 11.5 Å². The molecule has 0 aromatic heterocycles. The average Bonchev–Trinajstić information content (AvgIpc) is 2.54. The third-order valence-corrected chi connectivity index (χ3v) is 3.30. The molecule has 0 spiro atoms. The van der Waals surface area contributed by atoms with Crippen molar-refractivity contribution in [3.8, 4) is 11.5 Å². The number of methoxy groups -OCH3 is 1. The van der Waals surface area contributed by atoms with Crippen molar-refractivity contribution in [3.05, 3.63) is 54.1 Å². The SMILES string of the molecule is CCC(Oc1cccc(OC)c1)C(=O)Nc1ccc(C)cc1. The summed E-state index contributed by atoms with van der Waals surface area (Å²) >= 11 is 0. The van der Waals surface area contributed by atoms with E-state index in [9.17, 15) is 4.79 Å². The van der Waals surface area contributed by atoms with Crippen molar-refractivity contribution in [2.75, 3.05) is 12.4 Å². The second-order valence-corrected chi connectivity index (χ2v) is 5.05. The quantitative estimate of drug-likeness (QED) is 0.882. The predicted octanol–water partition coefficient (Wildman–Crippen LogP) is 3.80. The molecule has 116 valence electrons. The molecule has 1 unspecified atom stereocenters. The zero-order chi connectivity index (χ0) is 15.9.